The molecule has 0 unspecified atom stereocenters. The highest BCUT2D eigenvalue weighted by molar-refractivity contribution is 5.91. The van der Waals surface area contributed by atoms with Gasteiger partial charge in [-0.15, -0.1) is 0 Å². The molecule has 0 radical (unpaired) electrons. The normalized spacial score (nSPS) is 34.9. The lowest BCUT2D eigenvalue weighted by atomic mass is 9.46. The number of amides is 1. The number of allylic oxidation sites excluding steroid dienone is 1. The number of nitrogens with zero attached hydrogens (tertiary/aromatic N) is 2. The lowest BCUT2D eigenvalue weighted by Crippen LogP contribution is -2.51. The van der Waals surface area contributed by atoms with E-state index in [0.29, 0.717) is 49.0 Å². The first-order valence-electron chi connectivity index (χ1n) is 15.2. The Morgan fingerprint density at radius 3 is 2.63 bits per heavy atom. The highest BCUT2D eigenvalue weighted by Gasteiger charge is 2.59. The number of nitrogens with one attached hydrogen (secondary N) is 2. The molecule has 0 saturated heterocycles. The molecular formula is C31H52N4O3. The fraction of sp³-hybridized carbons (Fsp3) is 0.839. The summed E-state index contributed by atoms with van der Waals surface area (Å²) in [7, 11) is 1.94. The second-order valence-corrected chi connectivity index (χ2v) is 13.4. The Labute approximate surface area is 230 Å². The first-order valence-corrected chi connectivity index (χ1v) is 15.2. The topological polar surface area (TPSA) is 83.0 Å². The molecule has 3 saturated carbocycles. The van der Waals surface area contributed by atoms with Gasteiger partial charge in [0.1, 0.15) is 0 Å². The van der Waals surface area contributed by atoms with Crippen LogP contribution >= 0.6 is 0 Å². The molecule has 0 bridgehead atoms. The van der Waals surface area contributed by atoms with Gasteiger partial charge >= 0.3 is 6.09 Å². The molecule has 4 rings (SSSR count). The zero-order valence-corrected chi connectivity index (χ0v) is 24.8. The van der Waals surface area contributed by atoms with E-state index in [2.05, 4.69) is 50.4 Å². The van der Waals surface area contributed by atoms with Crippen molar-refractivity contribution in [3.8, 4) is 0 Å². The Morgan fingerprint density at radius 1 is 1.11 bits per heavy atom. The zero-order chi connectivity index (χ0) is 27.5. The largest absolute Gasteiger partial charge is 0.436 e. The van der Waals surface area contributed by atoms with E-state index in [0.717, 1.165) is 50.5 Å². The summed E-state index contributed by atoms with van der Waals surface area (Å²) in [5, 5.41) is 11.0. The molecule has 38 heavy (non-hydrogen) atoms. The van der Waals surface area contributed by atoms with Gasteiger partial charge in [0, 0.05) is 45.1 Å². The van der Waals surface area contributed by atoms with Crippen molar-refractivity contribution < 1.29 is 14.4 Å². The molecule has 7 nitrogen and oxygen atoms in total. The summed E-state index contributed by atoms with van der Waals surface area (Å²) in [6.07, 6.45) is 10.5. The molecule has 7 heteroatoms. The standard InChI is InChI=1S/C31H52N4O3/c1-21(2)20-35(18-17-33-16-15-32-6)29(37)38-34-22(3)26-9-10-27-25-8-7-23-19-24(36)11-13-30(23,4)28(25)12-14-31(26,27)5/h19,21,25-28,32-33H,7-18,20H2,1-6H3/b34-22+/t25-,26+,27-,28-,30-,31+/m0/s1. The fourth-order valence-corrected chi connectivity index (χ4v) is 8.73. The molecule has 1 amide bonds. The molecule has 6 atom stereocenters. The maximum absolute atomic E-state index is 13.0. The van der Waals surface area contributed by atoms with Crippen molar-refractivity contribution in [2.45, 2.75) is 86.0 Å². The molecule has 4 aliphatic carbocycles. The fourth-order valence-electron chi connectivity index (χ4n) is 8.73. The first-order chi connectivity index (χ1) is 18.1. The Balaban J connectivity index is 1.40. The van der Waals surface area contributed by atoms with Gasteiger partial charge in [-0.25, -0.2) is 4.79 Å². The third-order valence-electron chi connectivity index (χ3n) is 10.7. The highest BCUT2D eigenvalue weighted by Crippen LogP contribution is 2.66. The van der Waals surface area contributed by atoms with E-state index < -0.39 is 0 Å². The van der Waals surface area contributed by atoms with Crippen LogP contribution in [0.3, 0.4) is 0 Å². The lowest BCUT2D eigenvalue weighted by molar-refractivity contribution is -0.117. The summed E-state index contributed by atoms with van der Waals surface area (Å²) >= 11 is 0. The SMILES string of the molecule is CNCCNCCN(CC(C)C)C(=O)O/N=C(\C)[C@H]1CC[C@H]2[C@@H]3CCC4=CC(=O)CC[C@]4(C)[C@H]3CC[C@]12C. The molecule has 0 aromatic carbocycles. The number of likely N-dealkylation sites (N-methyl/N-ethyl adjacent to an activating group) is 1. The maximum atomic E-state index is 13.0. The van der Waals surface area contributed by atoms with Gasteiger partial charge < -0.3 is 15.5 Å². The van der Waals surface area contributed by atoms with Crippen molar-refractivity contribution in [1.29, 1.82) is 0 Å². The molecule has 2 N–H and O–H groups in total. The van der Waals surface area contributed by atoms with E-state index in [1.165, 1.54) is 31.3 Å². The number of rotatable bonds is 10. The van der Waals surface area contributed by atoms with Crippen LogP contribution in [0.5, 0.6) is 0 Å². The third-order valence-corrected chi connectivity index (χ3v) is 10.7. The Hall–Kier alpha value is -1.73. The average Bonchev–Trinajstić information content (AvgIpc) is 3.23. The second-order valence-electron chi connectivity index (χ2n) is 13.4. The summed E-state index contributed by atoms with van der Waals surface area (Å²) in [6, 6.07) is 0. The molecule has 4 aliphatic rings. The van der Waals surface area contributed by atoms with Crippen LogP contribution in [0.4, 0.5) is 4.79 Å². The number of carbonyl (C=O) groups excluding carboxylic acids is 2. The molecule has 0 aliphatic heterocycles. The predicted molar refractivity (Wildman–Crippen MR) is 153 cm³/mol. The van der Waals surface area contributed by atoms with E-state index in [1.807, 2.05) is 13.1 Å². The minimum atomic E-state index is -0.344. The van der Waals surface area contributed by atoms with E-state index in [4.69, 9.17) is 4.84 Å². The summed E-state index contributed by atoms with van der Waals surface area (Å²) in [4.78, 5) is 32.5. The zero-order valence-electron chi connectivity index (χ0n) is 24.8. The second kappa shape index (κ2) is 12.2. The molecule has 0 spiro atoms. The Kier molecular flexibility index (Phi) is 9.39. The molecular weight excluding hydrogens is 476 g/mol. The molecule has 0 aromatic heterocycles. The van der Waals surface area contributed by atoms with E-state index in [9.17, 15) is 9.59 Å². The number of carbonyl (C=O) groups is 2. The smallest absolute Gasteiger partial charge is 0.318 e. The number of oxime groups is 1. The molecule has 214 valence electrons. The quantitative estimate of drug-likeness (QED) is 0.171. The van der Waals surface area contributed by atoms with Gasteiger partial charge in [0.2, 0.25) is 0 Å². The van der Waals surface area contributed by atoms with Crippen molar-refractivity contribution in [3.05, 3.63) is 11.6 Å². The van der Waals surface area contributed by atoms with Crippen LogP contribution in [0.1, 0.15) is 86.0 Å². The number of hydrogen-bond acceptors (Lipinski definition) is 6. The van der Waals surface area contributed by atoms with Crippen LogP contribution in [0, 0.1) is 40.4 Å². The van der Waals surface area contributed by atoms with Crippen molar-refractivity contribution in [1.82, 2.24) is 15.5 Å². The minimum absolute atomic E-state index is 0.205. The van der Waals surface area contributed by atoms with Crippen molar-refractivity contribution >= 4 is 17.6 Å². The monoisotopic (exact) mass is 528 g/mol. The van der Waals surface area contributed by atoms with Gasteiger partial charge in [-0.05, 0) is 99.5 Å². The molecule has 3 fully saturated rings. The predicted octanol–water partition coefficient (Wildman–Crippen LogP) is 5.41. The lowest BCUT2D eigenvalue weighted by Gasteiger charge is -2.58. The van der Waals surface area contributed by atoms with E-state index in [1.54, 1.807) is 4.90 Å². The van der Waals surface area contributed by atoms with Gasteiger partial charge in [-0.2, -0.15) is 0 Å². The van der Waals surface area contributed by atoms with Crippen LogP contribution < -0.4 is 10.6 Å². The van der Waals surface area contributed by atoms with Crippen molar-refractivity contribution in [3.63, 3.8) is 0 Å². The van der Waals surface area contributed by atoms with E-state index in [-0.39, 0.29) is 16.9 Å². The number of ketones is 1. The average molecular weight is 529 g/mol. The van der Waals surface area contributed by atoms with Crippen LogP contribution in [0.25, 0.3) is 0 Å². The van der Waals surface area contributed by atoms with Gasteiger partial charge in [0.25, 0.3) is 0 Å². The van der Waals surface area contributed by atoms with E-state index >= 15 is 0 Å². The summed E-state index contributed by atoms with van der Waals surface area (Å²) in [6.45, 7) is 15.0. The Morgan fingerprint density at radius 2 is 1.89 bits per heavy atom. The summed E-state index contributed by atoms with van der Waals surface area (Å²) in [5.74, 6) is 3.15. The number of fused-ring (bicyclic) bond motifs is 5. The summed E-state index contributed by atoms with van der Waals surface area (Å²) < 4.78 is 0. The van der Waals surface area contributed by atoms with Gasteiger partial charge in [0.15, 0.2) is 5.78 Å². The van der Waals surface area contributed by atoms with Crippen LogP contribution in [0.2, 0.25) is 0 Å². The van der Waals surface area contributed by atoms with Gasteiger partial charge in [-0.3, -0.25) is 9.63 Å². The minimum Gasteiger partial charge on any atom is -0.318 e. The van der Waals surface area contributed by atoms with Crippen LogP contribution in [-0.4, -0.2) is 62.3 Å². The first kappa shape index (κ1) is 29.3. The van der Waals surface area contributed by atoms with Crippen LogP contribution in [0.15, 0.2) is 16.8 Å². The maximum Gasteiger partial charge on any atom is 0.436 e. The van der Waals surface area contributed by atoms with Gasteiger partial charge in [0.05, 0.1) is 5.71 Å². The summed E-state index contributed by atoms with van der Waals surface area (Å²) in [5.41, 5.74) is 2.82. The third kappa shape index (κ3) is 5.89. The number of hydrogen-bond donors (Lipinski definition) is 2. The van der Waals surface area contributed by atoms with Crippen LogP contribution in [-0.2, 0) is 9.63 Å². The van der Waals surface area contributed by atoms with Crippen molar-refractivity contribution in [2.75, 3.05) is 39.8 Å². The molecule has 0 heterocycles. The molecule has 0 aromatic rings. The van der Waals surface area contributed by atoms with Gasteiger partial charge in [-0.1, -0.05) is 38.4 Å². The van der Waals surface area contributed by atoms with Crippen molar-refractivity contribution in [2.24, 2.45) is 45.6 Å². The highest BCUT2D eigenvalue weighted by atomic mass is 16.7. The Bertz CT molecular complexity index is 930.